The van der Waals surface area contributed by atoms with Gasteiger partial charge in [0.25, 0.3) is 5.91 Å². The number of fused-ring (bicyclic) bond motifs is 1. The van der Waals surface area contributed by atoms with E-state index in [2.05, 4.69) is 20.6 Å². The van der Waals surface area contributed by atoms with Gasteiger partial charge in [-0.3, -0.25) is 9.59 Å². The van der Waals surface area contributed by atoms with Gasteiger partial charge in [0.15, 0.2) is 0 Å². The molecule has 0 atom stereocenters. The fraction of sp³-hybridized carbons (Fsp3) is 0.0769. The van der Waals surface area contributed by atoms with Gasteiger partial charge < -0.3 is 10.6 Å². The van der Waals surface area contributed by atoms with Crippen LogP contribution in [0.5, 0.6) is 0 Å². The molecule has 1 aliphatic rings. The monoisotopic (exact) mass is 288 g/mol. The Morgan fingerprint density at radius 1 is 1.35 bits per heavy atom. The van der Waals surface area contributed by atoms with Crippen LogP contribution in [0.3, 0.4) is 0 Å². The largest absolute Gasteiger partial charge is 0.326 e. The lowest BCUT2D eigenvalue weighted by molar-refractivity contribution is -0.115. The first-order chi connectivity index (χ1) is 9.61. The summed E-state index contributed by atoms with van der Waals surface area (Å²) in [6, 6.07) is 6.58. The quantitative estimate of drug-likeness (QED) is 0.826. The van der Waals surface area contributed by atoms with Crippen molar-refractivity contribution in [2.75, 3.05) is 10.6 Å². The number of rotatable bonds is 2. The van der Waals surface area contributed by atoms with Crippen molar-refractivity contribution in [1.29, 1.82) is 0 Å². The molecule has 2 amide bonds. The van der Waals surface area contributed by atoms with Crippen molar-refractivity contribution in [2.24, 2.45) is 0 Å². The second-order valence-electron chi connectivity index (χ2n) is 4.26. The number of aromatic nitrogens is 2. The van der Waals surface area contributed by atoms with Crippen LogP contribution >= 0.6 is 11.6 Å². The molecule has 7 heteroatoms. The van der Waals surface area contributed by atoms with Crippen molar-refractivity contribution >= 4 is 34.9 Å². The van der Waals surface area contributed by atoms with Gasteiger partial charge in [0.1, 0.15) is 5.82 Å². The molecule has 2 aromatic rings. The number of carbonyl (C=O) groups is 2. The third-order valence-corrected chi connectivity index (χ3v) is 3.04. The molecule has 0 saturated carbocycles. The van der Waals surface area contributed by atoms with Gasteiger partial charge in [0.05, 0.1) is 6.42 Å². The van der Waals surface area contributed by atoms with E-state index in [1.807, 2.05) is 0 Å². The van der Waals surface area contributed by atoms with Gasteiger partial charge in [-0.2, -0.15) is 0 Å². The van der Waals surface area contributed by atoms with Gasteiger partial charge in [-0.25, -0.2) is 9.97 Å². The predicted octanol–water partition coefficient (Wildman–Crippen LogP) is 1.88. The molecule has 6 nitrogen and oxygen atoms in total. The summed E-state index contributed by atoms with van der Waals surface area (Å²) in [5.41, 5.74) is 2.01. The average molecular weight is 289 g/mol. The van der Waals surface area contributed by atoms with Crippen LogP contribution in [0, 0.1) is 0 Å². The van der Waals surface area contributed by atoms with E-state index in [0.717, 1.165) is 11.3 Å². The average Bonchev–Trinajstić information content (AvgIpc) is 2.77. The minimum Gasteiger partial charge on any atom is -0.326 e. The maximum atomic E-state index is 12.1. The highest BCUT2D eigenvalue weighted by Gasteiger charge is 2.19. The summed E-state index contributed by atoms with van der Waals surface area (Å²) < 4.78 is 0. The Hall–Kier alpha value is -2.47. The SMILES string of the molecule is O=C1Cc2cc(C(=O)Nc3ccnc(Cl)n3)ccc2N1. The molecule has 2 heterocycles. The van der Waals surface area contributed by atoms with Gasteiger partial charge in [-0.05, 0) is 41.4 Å². The van der Waals surface area contributed by atoms with E-state index in [-0.39, 0.29) is 23.5 Å². The fourth-order valence-electron chi connectivity index (χ4n) is 1.96. The Morgan fingerprint density at radius 2 is 2.20 bits per heavy atom. The topological polar surface area (TPSA) is 84.0 Å². The Morgan fingerprint density at radius 3 is 3.00 bits per heavy atom. The molecule has 0 saturated heterocycles. The highest BCUT2D eigenvalue weighted by atomic mass is 35.5. The lowest BCUT2D eigenvalue weighted by Gasteiger charge is -2.06. The van der Waals surface area contributed by atoms with Crippen LogP contribution in [-0.2, 0) is 11.2 Å². The number of halogens is 1. The van der Waals surface area contributed by atoms with Crippen molar-refractivity contribution in [3.63, 3.8) is 0 Å². The van der Waals surface area contributed by atoms with Crippen LogP contribution < -0.4 is 10.6 Å². The van der Waals surface area contributed by atoms with Gasteiger partial charge in [0.2, 0.25) is 11.2 Å². The van der Waals surface area contributed by atoms with Crippen LogP contribution in [-0.4, -0.2) is 21.8 Å². The molecule has 1 aromatic heterocycles. The third kappa shape index (κ3) is 2.46. The number of benzene rings is 1. The summed E-state index contributed by atoms with van der Waals surface area (Å²) in [6.07, 6.45) is 1.74. The van der Waals surface area contributed by atoms with Crippen LogP contribution in [0.25, 0.3) is 0 Å². The van der Waals surface area contributed by atoms with E-state index in [0.29, 0.717) is 11.4 Å². The van der Waals surface area contributed by atoms with Crippen molar-refractivity contribution in [3.05, 3.63) is 46.9 Å². The zero-order chi connectivity index (χ0) is 14.1. The molecule has 0 aliphatic carbocycles. The molecule has 1 aromatic carbocycles. The lowest BCUT2D eigenvalue weighted by atomic mass is 10.1. The molecule has 1 aliphatic heterocycles. The van der Waals surface area contributed by atoms with E-state index in [1.165, 1.54) is 6.20 Å². The molecular formula is C13H9ClN4O2. The Bertz CT molecular complexity index is 717. The number of hydrogen-bond acceptors (Lipinski definition) is 4. The number of amides is 2. The molecule has 3 rings (SSSR count). The summed E-state index contributed by atoms with van der Waals surface area (Å²) in [5, 5.41) is 5.40. The highest BCUT2D eigenvalue weighted by molar-refractivity contribution is 6.28. The number of nitrogens with one attached hydrogen (secondary N) is 2. The first kappa shape index (κ1) is 12.6. The Balaban J connectivity index is 1.81. The standard InChI is InChI=1S/C13H9ClN4O2/c14-13-15-4-3-10(18-13)17-12(20)7-1-2-9-8(5-7)6-11(19)16-9/h1-5H,6H2,(H,16,19)(H,15,17,18,20). The van der Waals surface area contributed by atoms with E-state index < -0.39 is 0 Å². The van der Waals surface area contributed by atoms with Gasteiger partial charge >= 0.3 is 0 Å². The maximum absolute atomic E-state index is 12.1. The van der Waals surface area contributed by atoms with Crippen molar-refractivity contribution < 1.29 is 9.59 Å². The summed E-state index contributed by atoms with van der Waals surface area (Å²) in [4.78, 5) is 31.0. The molecule has 0 spiro atoms. The molecule has 20 heavy (non-hydrogen) atoms. The first-order valence-electron chi connectivity index (χ1n) is 5.84. The predicted molar refractivity (Wildman–Crippen MR) is 73.8 cm³/mol. The second-order valence-corrected chi connectivity index (χ2v) is 4.60. The van der Waals surface area contributed by atoms with Crippen molar-refractivity contribution in [3.8, 4) is 0 Å². The second kappa shape index (κ2) is 4.90. The molecule has 2 N–H and O–H groups in total. The summed E-state index contributed by atoms with van der Waals surface area (Å²) in [6.45, 7) is 0. The van der Waals surface area contributed by atoms with E-state index >= 15 is 0 Å². The van der Waals surface area contributed by atoms with E-state index in [9.17, 15) is 9.59 Å². The molecule has 100 valence electrons. The van der Waals surface area contributed by atoms with Crippen LogP contribution in [0.1, 0.15) is 15.9 Å². The third-order valence-electron chi connectivity index (χ3n) is 2.86. The van der Waals surface area contributed by atoms with Gasteiger partial charge in [0, 0.05) is 17.4 Å². The lowest BCUT2D eigenvalue weighted by Crippen LogP contribution is -2.13. The smallest absolute Gasteiger partial charge is 0.256 e. The van der Waals surface area contributed by atoms with Crippen molar-refractivity contribution in [1.82, 2.24) is 9.97 Å². The van der Waals surface area contributed by atoms with Crippen LogP contribution in [0.2, 0.25) is 5.28 Å². The number of nitrogens with zero attached hydrogens (tertiary/aromatic N) is 2. The fourth-order valence-corrected chi connectivity index (χ4v) is 2.11. The first-order valence-corrected chi connectivity index (χ1v) is 6.22. The van der Waals surface area contributed by atoms with Crippen LogP contribution in [0.4, 0.5) is 11.5 Å². The van der Waals surface area contributed by atoms with Gasteiger partial charge in [-0.1, -0.05) is 0 Å². The van der Waals surface area contributed by atoms with Crippen LogP contribution in [0.15, 0.2) is 30.5 Å². The van der Waals surface area contributed by atoms with E-state index in [4.69, 9.17) is 11.6 Å². The normalized spacial score (nSPS) is 12.8. The minimum absolute atomic E-state index is 0.0616. The molecular weight excluding hydrogens is 280 g/mol. The Kier molecular flexibility index (Phi) is 3.08. The highest BCUT2D eigenvalue weighted by Crippen LogP contribution is 2.24. The Labute approximate surface area is 119 Å². The maximum Gasteiger partial charge on any atom is 0.256 e. The number of carbonyl (C=O) groups excluding carboxylic acids is 2. The minimum atomic E-state index is -0.318. The summed E-state index contributed by atoms with van der Waals surface area (Å²) >= 11 is 5.65. The molecule has 0 radical (unpaired) electrons. The molecule has 0 bridgehead atoms. The zero-order valence-corrected chi connectivity index (χ0v) is 10.9. The zero-order valence-electron chi connectivity index (χ0n) is 10.2. The summed E-state index contributed by atoms with van der Waals surface area (Å²) in [5.74, 6) is -0.0632. The summed E-state index contributed by atoms with van der Waals surface area (Å²) in [7, 11) is 0. The molecule has 0 unspecified atom stereocenters. The van der Waals surface area contributed by atoms with E-state index in [1.54, 1.807) is 24.3 Å². The number of hydrogen-bond donors (Lipinski definition) is 2. The number of anilines is 2. The van der Waals surface area contributed by atoms with Gasteiger partial charge in [-0.15, -0.1) is 0 Å². The molecule has 0 fully saturated rings. The van der Waals surface area contributed by atoms with Crippen molar-refractivity contribution in [2.45, 2.75) is 6.42 Å².